The Bertz CT molecular complexity index is 674. The van der Waals surface area contributed by atoms with E-state index < -0.39 is 10.8 Å². The molecule has 1 amide bonds. The van der Waals surface area contributed by atoms with Gasteiger partial charge in [0, 0.05) is 11.1 Å². The van der Waals surface area contributed by atoms with Crippen molar-refractivity contribution in [2.75, 3.05) is 5.32 Å². The van der Waals surface area contributed by atoms with E-state index in [2.05, 4.69) is 10.3 Å². The van der Waals surface area contributed by atoms with Crippen molar-refractivity contribution in [2.45, 2.75) is 0 Å². The molecule has 0 fully saturated rings. The summed E-state index contributed by atoms with van der Waals surface area (Å²) in [4.78, 5) is 25.6. The van der Waals surface area contributed by atoms with Crippen molar-refractivity contribution in [1.82, 2.24) is 4.98 Å². The van der Waals surface area contributed by atoms with Gasteiger partial charge in [-0.15, -0.1) is 0 Å². The second kappa shape index (κ2) is 5.85. The Morgan fingerprint density at radius 3 is 2.55 bits per heavy atom. The van der Waals surface area contributed by atoms with E-state index in [1.54, 1.807) is 0 Å². The molecule has 0 saturated carbocycles. The number of carbonyl (C=O) groups is 1. The van der Waals surface area contributed by atoms with E-state index in [0.29, 0.717) is 5.02 Å². The number of amides is 1. The first-order chi connectivity index (χ1) is 9.47. The molecule has 2 rings (SSSR count). The summed E-state index contributed by atoms with van der Waals surface area (Å²) in [6.45, 7) is 0. The lowest BCUT2D eigenvalue weighted by atomic mass is 10.2. The molecule has 0 spiro atoms. The molecule has 1 heterocycles. The molecular weight excluding hydrogens is 305 g/mol. The number of anilines is 1. The summed E-state index contributed by atoms with van der Waals surface area (Å²) >= 11 is 11.6. The Labute approximate surface area is 123 Å². The van der Waals surface area contributed by atoms with Crippen LogP contribution in [0.25, 0.3) is 0 Å². The monoisotopic (exact) mass is 311 g/mol. The lowest BCUT2D eigenvalue weighted by molar-refractivity contribution is -0.385. The molecule has 1 aromatic carbocycles. The molecule has 1 N–H and O–H groups in total. The summed E-state index contributed by atoms with van der Waals surface area (Å²) in [5.41, 5.74) is 0.0729. The van der Waals surface area contributed by atoms with Crippen molar-refractivity contribution in [2.24, 2.45) is 0 Å². The van der Waals surface area contributed by atoms with E-state index in [0.717, 1.165) is 6.20 Å². The van der Waals surface area contributed by atoms with E-state index >= 15 is 0 Å². The van der Waals surface area contributed by atoms with Gasteiger partial charge in [0.2, 0.25) is 0 Å². The maximum atomic E-state index is 12.0. The fraction of sp³-hybridized carbons (Fsp3) is 0. The van der Waals surface area contributed by atoms with Crippen LogP contribution in [0.5, 0.6) is 0 Å². The third kappa shape index (κ3) is 3.23. The molecule has 0 radical (unpaired) electrons. The number of nitrogens with zero attached hydrogens (tertiary/aromatic N) is 2. The topological polar surface area (TPSA) is 85.1 Å². The van der Waals surface area contributed by atoms with E-state index in [1.807, 2.05) is 0 Å². The number of benzene rings is 1. The average molecular weight is 312 g/mol. The Balaban J connectivity index is 2.17. The number of carbonyl (C=O) groups excluding carboxylic acids is 1. The van der Waals surface area contributed by atoms with E-state index in [4.69, 9.17) is 23.2 Å². The molecule has 0 unspecified atom stereocenters. The number of hydrogen-bond donors (Lipinski definition) is 1. The predicted molar refractivity (Wildman–Crippen MR) is 75.3 cm³/mol. The third-order valence-corrected chi connectivity index (χ3v) is 2.92. The Morgan fingerprint density at radius 2 is 2.00 bits per heavy atom. The van der Waals surface area contributed by atoms with Gasteiger partial charge in [-0.25, -0.2) is 4.98 Å². The van der Waals surface area contributed by atoms with Crippen molar-refractivity contribution in [1.29, 1.82) is 0 Å². The molecule has 8 heteroatoms. The van der Waals surface area contributed by atoms with E-state index in [-0.39, 0.29) is 22.1 Å². The molecule has 0 saturated heterocycles. The van der Waals surface area contributed by atoms with Crippen molar-refractivity contribution in [3.63, 3.8) is 0 Å². The van der Waals surface area contributed by atoms with Crippen LogP contribution in [0.1, 0.15) is 10.4 Å². The second-order valence-corrected chi connectivity index (χ2v) is 4.58. The zero-order chi connectivity index (χ0) is 14.7. The van der Waals surface area contributed by atoms with Gasteiger partial charge in [0.1, 0.15) is 12.0 Å². The fourth-order valence-corrected chi connectivity index (χ4v) is 1.92. The van der Waals surface area contributed by atoms with Crippen LogP contribution in [0.3, 0.4) is 0 Å². The first-order valence-electron chi connectivity index (χ1n) is 5.34. The summed E-state index contributed by atoms with van der Waals surface area (Å²) < 4.78 is 0. The minimum atomic E-state index is -0.575. The van der Waals surface area contributed by atoms with Crippen LogP contribution in [0.2, 0.25) is 10.0 Å². The highest BCUT2D eigenvalue weighted by molar-refractivity contribution is 6.37. The van der Waals surface area contributed by atoms with E-state index in [1.165, 1.54) is 30.3 Å². The molecule has 0 atom stereocenters. The Morgan fingerprint density at radius 1 is 1.25 bits per heavy atom. The van der Waals surface area contributed by atoms with Crippen molar-refractivity contribution in [3.8, 4) is 0 Å². The van der Waals surface area contributed by atoms with Crippen LogP contribution in [-0.2, 0) is 0 Å². The summed E-state index contributed by atoms with van der Waals surface area (Å²) in [6.07, 6.45) is 1.05. The van der Waals surface area contributed by atoms with Crippen LogP contribution in [-0.4, -0.2) is 15.8 Å². The van der Waals surface area contributed by atoms with Gasteiger partial charge in [-0.2, -0.15) is 0 Å². The van der Waals surface area contributed by atoms with Crippen LogP contribution < -0.4 is 5.32 Å². The molecule has 0 aliphatic carbocycles. The van der Waals surface area contributed by atoms with Crippen molar-refractivity contribution < 1.29 is 9.72 Å². The number of nitro groups is 1. The number of rotatable bonds is 3. The molecule has 2 aromatic rings. The van der Waals surface area contributed by atoms with Crippen molar-refractivity contribution >= 4 is 40.6 Å². The Hall–Kier alpha value is -2.18. The number of aromatic nitrogens is 1. The first kappa shape index (κ1) is 14.2. The van der Waals surface area contributed by atoms with Gasteiger partial charge < -0.3 is 5.32 Å². The summed E-state index contributed by atoms with van der Waals surface area (Å²) in [5, 5.41) is 13.6. The van der Waals surface area contributed by atoms with E-state index in [9.17, 15) is 14.9 Å². The lowest BCUT2D eigenvalue weighted by Gasteiger charge is -2.06. The number of nitrogens with one attached hydrogen (secondary N) is 1. The standard InChI is InChI=1S/C12H7Cl2N3O3/c13-7-1-3-9(10(14)5-7)12(18)16-11-4-2-8(6-15-11)17(19)20/h1-6H,(H,15,16,18). The minimum absolute atomic E-state index is 0.160. The predicted octanol–water partition coefficient (Wildman–Crippen LogP) is 3.55. The molecular formula is C12H7Cl2N3O3. The molecule has 20 heavy (non-hydrogen) atoms. The maximum Gasteiger partial charge on any atom is 0.287 e. The van der Waals surface area contributed by atoms with Crippen LogP contribution in [0, 0.1) is 10.1 Å². The minimum Gasteiger partial charge on any atom is -0.307 e. The molecule has 0 aliphatic rings. The van der Waals surface area contributed by atoms with Gasteiger partial charge in [0.15, 0.2) is 0 Å². The zero-order valence-electron chi connectivity index (χ0n) is 9.84. The van der Waals surface area contributed by atoms with Gasteiger partial charge in [0.25, 0.3) is 11.6 Å². The van der Waals surface area contributed by atoms with Gasteiger partial charge in [-0.1, -0.05) is 23.2 Å². The average Bonchev–Trinajstić information content (AvgIpc) is 2.39. The molecule has 102 valence electrons. The van der Waals surface area contributed by atoms with Crippen LogP contribution >= 0.6 is 23.2 Å². The van der Waals surface area contributed by atoms with Crippen molar-refractivity contribution in [3.05, 3.63) is 62.3 Å². The van der Waals surface area contributed by atoms with Gasteiger partial charge in [-0.3, -0.25) is 14.9 Å². The molecule has 0 bridgehead atoms. The van der Waals surface area contributed by atoms with Crippen LogP contribution in [0.15, 0.2) is 36.5 Å². The highest BCUT2D eigenvalue weighted by Gasteiger charge is 2.12. The molecule has 6 nitrogen and oxygen atoms in total. The van der Waals surface area contributed by atoms with Gasteiger partial charge >= 0.3 is 0 Å². The van der Waals surface area contributed by atoms with Gasteiger partial charge in [0.05, 0.1) is 15.5 Å². The quantitative estimate of drug-likeness (QED) is 0.693. The lowest BCUT2D eigenvalue weighted by Crippen LogP contribution is -2.13. The zero-order valence-corrected chi connectivity index (χ0v) is 11.4. The maximum absolute atomic E-state index is 12.0. The SMILES string of the molecule is O=C(Nc1ccc([N+](=O)[O-])cn1)c1ccc(Cl)cc1Cl. The second-order valence-electron chi connectivity index (χ2n) is 3.74. The number of hydrogen-bond acceptors (Lipinski definition) is 4. The first-order valence-corrected chi connectivity index (χ1v) is 6.10. The Kier molecular flexibility index (Phi) is 4.16. The smallest absolute Gasteiger partial charge is 0.287 e. The number of pyridine rings is 1. The summed E-state index contributed by atoms with van der Waals surface area (Å²) in [6, 6.07) is 7.03. The van der Waals surface area contributed by atoms with Crippen LogP contribution in [0.4, 0.5) is 11.5 Å². The normalized spacial score (nSPS) is 10.1. The molecule has 0 aliphatic heterocycles. The summed E-state index contributed by atoms with van der Waals surface area (Å²) in [7, 11) is 0. The fourth-order valence-electron chi connectivity index (χ4n) is 1.43. The molecule has 1 aromatic heterocycles. The number of halogens is 2. The summed E-state index contributed by atoms with van der Waals surface area (Å²) in [5.74, 6) is -0.292. The largest absolute Gasteiger partial charge is 0.307 e. The van der Waals surface area contributed by atoms with Gasteiger partial charge in [-0.05, 0) is 24.3 Å². The highest BCUT2D eigenvalue weighted by atomic mass is 35.5. The third-order valence-electron chi connectivity index (χ3n) is 2.38. The highest BCUT2D eigenvalue weighted by Crippen LogP contribution is 2.22.